The zero-order valence-corrected chi connectivity index (χ0v) is 16.5. The van der Waals surface area contributed by atoms with Gasteiger partial charge in [0.2, 0.25) is 0 Å². The van der Waals surface area contributed by atoms with E-state index < -0.39 is 0 Å². The summed E-state index contributed by atoms with van der Waals surface area (Å²) in [5.41, 5.74) is 6.36. The Hall–Kier alpha value is -1.72. The van der Waals surface area contributed by atoms with Gasteiger partial charge in [-0.3, -0.25) is 5.32 Å². The fourth-order valence-electron chi connectivity index (χ4n) is 4.13. The third-order valence-corrected chi connectivity index (χ3v) is 5.86. The molecule has 1 aliphatic carbocycles. The van der Waals surface area contributed by atoms with Crippen molar-refractivity contribution in [2.24, 2.45) is 11.3 Å². The predicted molar refractivity (Wildman–Crippen MR) is 103 cm³/mol. The summed E-state index contributed by atoms with van der Waals surface area (Å²) >= 11 is 0. The van der Waals surface area contributed by atoms with Crippen LogP contribution < -0.4 is 20.2 Å². The number of hydrogen-bond donors (Lipinski definition) is 2. The molecule has 0 aromatic heterocycles. The van der Waals surface area contributed by atoms with Crippen molar-refractivity contribution in [1.29, 1.82) is 0 Å². The van der Waals surface area contributed by atoms with Crippen LogP contribution in [-0.2, 0) is 0 Å². The molecular weight excluding hydrogens is 326 g/mol. The monoisotopic (exact) mass is 357 g/mol. The summed E-state index contributed by atoms with van der Waals surface area (Å²) in [5, 5.41) is 6.24. The minimum absolute atomic E-state index is 0.107. The smallest absolute Gasteiger partial charge is 0.161 e. The zero-order chi connectivity index (χ0) is 18.5. The van der Waals surface area contributed by atoms with E-state index in [4.69, 9.17) is 9.47 Å². The van der Waals surface area contributed by atoms with E-state index in [-0.39, 0.29) is 11.6 Å². The van der Waals surface area contributed by atoms with Crippen LogP contribution in [0.2, 0.25) is 0 Å². The SMILES string of the molecule is COc1ccc(C2CC(C3CC3)NC3C=C(C(C)(C)C)NN32)cc1OC. The molecule has 4 rings (SSSR count). The molecule has 1 aromatic carbocycles. The Morgan fingerprint density at radius 3 is 2.42 bits per heavy atom. The normalized spacial score (nSPS) is 29.0. The van der Waals surface area contributed by atoms with Gasteiger partial charge in [0.05, 0.1) is 26.4 Å². The van der Waals surface area contributed by atoms with Gasteiger partial charge in [-0.15, -0.1) is 0 Å². The van der Waals surface area contributed by atoms with Crippen molar-refractivity contribution in [2.75, 3.05) is 14.2 Å². The molecule has 1 saturated carbocycles. The average molecular weight is 357 g/mol. The van der Waals surface area contributed by atoms with Gasteiger partial charge in [-0.2, -0.15) is 5.01 Å². The summed E-state index contributed by atoms with van der Waals surface area (Å²) in [6.07, 6.45) is 6.41. The van der Waals surface area contributed by atoms with Crippen LogP contribution in [0.25, 0.3) is 0 Å². The summed E-state index contributed by atoms with van der Waals surface area (Å²) in [6.45, 7) is 6.77. The molecule has 26 heavy (non-hydrogen) atoms. The molecule has 0 spiro atoms. The van der Waals surface area contributed by atoms with Crippen molar-refractivity contribution < 1.29 is 9.47 Å². The van der Waals surface area contributed by atoms with Gasteiger partial charge in [0.15, 0.2) is 11.5 Å². The molecule has 3 atom stereocenters. The van der Waals surface area contributed by atoms with Gasteiger partial charge < -0.3 is 14.9 Å². The number of methoxy groups -OCH3 is 2. The lowest BCUT2D eigenvalue weighted by molar-refractivity contribution is 0.0395. The van der Waals surface area contributed by atoms with E-state index in [2.05, 4.69) is 54.7 Å². The molecular formula is C21H31N3O2. The minimum Gasteiger partial charge on any atom is -0.493 e. The van der Waals surface area contributed by atoms with Gasteiger partial charge >= 0.3 is 0 Å². The second-order valence-corrected chi connectivity index (χ2v) is 8.77. The van der Waals surface area contributed by atoms with Crippen LogP contribution >= 0.6 is 0 Å². The van der Waals surface area contributed by atoms with E-state index >= 15 is 0 Å². The zero-order valence-electron chi connectivity index (χ0n) is 16.5. The molecule has 2 N–H and O–H groups in total. The molecule has 1 aromatic rings. The maximum absolute atomic E-state index is 5.55. The molecule has 3 unspecified atom stereocenters. The first-order valence-corrected chi connectivity index (χ1v) is 9.66. The molecule has 0 amide bonds. The number of rotatable bonds is 4. The van der Waals surface area contributed by atoms with Crippen LogP contribution in [-0.4, -0.2) is 31.4 Å². The van der Waals surface area contributed by atoms with Gasteiger partial charge in [0, 0.05) is 17.2 Å². The minimum atomic E-state index is 0.107. The number of benzene rings is 1. The standard InChI is InChI=1S/C21H31N3O2/c1-21(2,3)19-12-20-22-15(13-6-7-13)11-16(24(20)23-19)14-8-9-17(25-4)18(10-14)26-5/h8-10,12-13,15-16,20,22-23H,6-7,11H2,1-5H3. The number of hydrazine groups is 1. The van der Waals surface area contributed by atoms with E-state index in [9.17, 15) is 0 Å². The summed E-state index contributed by atoms with van der Waals surface area (Å²) in [4.78, 5) is 0. The molecule has 2 aliphatic heterocycles. The van der Waals surface area contributed by atoms with Crippen LogP contribution in [0.5, 0.6) is 11.5 Å². The third kappa shape index (κ3) is 3.19. The van der Waals surface area contributed by atoms with Crippen molar-refractivity contribution in [3.63, 3.8) is 0 Å². The summed E-state index contributed by atoms with van der Waals surface area (Å²) in [5.74, 6) is 2.40. The van der Waals surface area contributed by atoms with E-state index in [1.807, 2.05) is 6.07 Å². The van der Waals surface area contributed by atoms with E-state index in [1.165, 1.54) is 24.1 Å². The highest BCUT2D eigenvalue weighted by atomic mass is 16.5. The lowest BCUT2D eigenvalue weighted by atomic mass is 9.91. The molecule has 2 heterocycles. The Bertz CT molecular complexity index is 706. The van der Waals surface area contributed by atoms with Crippen molar-refractivity contribution in [3.8, 4) is 11.5 Å². The van der Waals surface area contributed by atoms with Crippen molar-refractivity contribution in [3.05, 3.63) is 35.5 Å². The summed E-state index contributed by atoms with van der Waals surface area (Å²) in [7, 11) is 3.38. The van der Waals surface area contributed by atoms with Crippen LogP contribution in [0.3, 0.4) is 0 Å². The van der Waals surface area contributed by atoms with E-state index in [0.29, 0.717) is 12.1 Å². The maximum atomic E-state index is 5.55. The largest absolute Gasteiger partial charge is 0.493 e. The molecule has 5 nitrogen and oxygen atoms in total. The average Bonchev–Trinajstić information content (AvgIpc) is 3.37. The van der Waals surface area contributed by atoms with Gasteiger partial charge in [-0.05, 0) is 49.0 Å². The Balaban J connectivity index is 1.66. The van der Waals surface area contributed by atoms with Crippen LogP contribution in [0, 0.1) is 11.3 Å². The first kappa shape index (κ1) is 17.7. The molecule has 3 aliphatic rings. The summed E-state index contributed by atoms with van der Waals surface area (Å²) in [6, 6.07) is 7.21. The Morgan fingerprint density at radius 1 is 1.08 bits per heavy atom. The van der Waals surface area contributed by atoms with Gasteiger partial charge in [0.25, 0.3) is 0 Å². The second kappa shape index (κ2) is 6.46. The molecule has 2 fully saturated rings. The quantitative estimate of drug-likeness (QED) is 0.862. The first-order valence-electron chi connectivity index (χ1n) is 9.66. The highest BCUT2D eigenvalue weighted by molar-refractivity contribution is 5.44. The Morgan fingerprint density at radius 2 is 1.81 bits per heavy atom. The maximum Gasteiger partial charge on any atom is 0.161 e. The van der Waals surface area contributed by atoms with E-state index in [1.54, 1.807) is 14.2 Å². The Kier molecular flexibility index (Phi) is 4.40. The molecule has 5 heteroatoms. The van der Waals surface area contributed by atoms with Gasteiger partial charge in [-0.1, -0.05) is 26.8 Å². The number of hydrogen-bond acceptors (Lipinski definition) is 5. The molecule has 142 valence electrons. The number of ether oxygens (including phenoxy) is 2. The highest BCUT2D eigenvalue weighted by Gasteiger charge is 2.45. The number of fused-ring (bicyclic) bond motifs is 1. The third-order valence-electron chi connectivity index (χ3n) is 5.86. The first-order chi connectivity index (χ1) is 12.4. The Labute approximate surface area is 156 Å². The predicted octanol–water partition coefficient (Wildman–Crippen LogP) is 3.59. The van der Waals surface area contributed by atoms with E-state index in [0.717, 1.165) is 23.8 Å². The fraction of sp³-hybridized carbons (Fsp3) is 0.619. The van der Waals surface area contributed by atoms with Gasteiger partial charge in [0.1, 0.15) is 0 Å². The number of nitrogens with zero attached hydrogens (tertiary/aromatic N) is 1. The topological polar surface area (TPSA) is 45.8 Å². The van der Waals surface area contributed by atoms with Crippen molar-refractivity contribution in [1.82, 2.24) is 15.8 Å². The molecule has 0 bridgehead atoms. The van der Waals surface area contributed by atoms with Crippen molar-refractivity contribution in [2.45, 2.75) is 58.3 Å². The highest BCUT2D eigenvalue weighted by Crippen LogP contribution is 2.44. The van der Waals surface area contributed by atoms with Crippen molar-refractivity contribution >= 4 is 0 Å². The molecule has 0 radical (unpaired) electrons. The fourth-order valence-corrected chi connectivity index (χ4v) is 4.13. The van der Waals surface area contributed by atoms with Crippen LogP contribution in [0.1, 0.15) is 51.6 Å². The van der Waals surface area contributed by atoms with Crippen LogP contribution in [0.15, 0.2) is 30.0 Å². The lowest BCUT2D eigenvalue weighted by Crippen LogP contribution is -2.58. The molecule has 1 saturated heterocycles. The summed E-state index contributed by atoms with van der Waals surface area (Å²) < 4.78 is 11.0. The number of allylic oxidation sites excluding steroid dienone is 1. The second-order valence-electron chi connectivity index (χ2n) is 8.77. The van der Waals surface area contributed by atoms with Gasteiger partial charge in [-0.25, -0.2) is 0 Å². The lowest BCUT2D eigenvalue weighted by Gasteiger charge is -2.43. The number of nitrogens with one attached hydrogen (secondary N) is 2. The van der Waals surface area contributed by atoms with Crippen LogP contribution in [0.4, 0.5) is 0 Å².